The standard InChI is InChI=1S/C15H23ClN2O/c1-15(2,3)12-4-6-18(7-5-12)14-13(16)8-11(10-19)9-17-14/h8-9,12,19H,4-7,10H2,1-3H3. The van der Waals surface area contributed by atoms with Gasteiger partial charge in [0.25, 0.3) is 0 Å². The number of hydrogen-bond donors (Lipinski definition) is 1. The van der Waals surface area contributed by atoms with Crippen molar-refractivity contribution in [2.24, 2.45) is 11.3 Å². The third-order valence-corrected chi connectivity index (χ3v) is 4.36. The third-order valence-electron chi connectivity index (χ3n) is 4.08. The molecule has 1 N–H and O–H groups in total. The lowest BCUT2D eigenvalue weighted by Crippen LogP contribution is -2.38. The molecule has 106 valence electrons. The van der Waals surface area contributed by atoms with Crippen LogP contribution in [0.25, 0.3) is 0 Å². The van der Waals surface area contributed by atoms with E-state index in [1.165, 1.54) is 12.8 Å². The third kappa shape index (κ3) is 3.40. The molecule has 1 saturated heterocycles. The van der Waals surface area contributed by atoms with Crippen LogP contribution >= 0.6 is 11.6 Å². The number of anilines is 1. The molecule has 2 heterocycles. The molecule has 3 nitrogen and oxygen atoms in total. The van der Waals surface area contributed by atoms with Crippen molar-refractivity contribution in [1.82, 2.24) is 4.98 Å². The van der Waals surface area contributed by atoms with Crippen LogP contribution in [0.4, 0.5) is 5.82 Å². The minimum atomic E-state index is -0.0148. The lowest BCUT2D eigenvalue weighted by atomic mass is 9.75. The van der Waals surface area contributed by atoms with Crippen molar-refractivity contribution in [3.05, 3.63) is 22.8 Å². The van der Waals surface area contributed by atoms with Crippen LogP contribution in [-0.4, -0.2) is 23.2 Å². The summed E-state index contributed by atoms with van der Waals surface area (Å²) >= 11 is 6.25. The van der Waals surface area contributed by atoms with Gasteiger partial charge in [-0.15, -0.1) is 0 Å². The van der Waals surface area contributed by atoms with E-state index >= 15 is 0 Å². The monoisotopic (exact) mass is 282 g/mol. The Morgan fingerprint density at radius 1 is 1.37 bits per heavy atom. The van der Waals surface area contributed by atoms with Gasteiger partial charge < -0.3 is 10.0 Å². The number of rotatable bonds is 2. The van der Waals surface area contributed by atoms with Gasteiger partial charge in [-0.25, -0.2) is 4.98 Å². The summed E-state index contributed by atoms with van der Waals surface area (Å²) in [5.41, 5.74) is 1.14. The van der Waals surface area contributed by atoms with Crippen LogP contribution in [0.5, 0.6) is 0 Å². The van der Waals surface area contributed by atoms with E-state index in [9.17, 15) is 0 Å². The van der Waals surface area contributed by atoms with Crippen LogP contribution < -0.4 is 4.90 Å². The first kappa shape index (κ1) is 14.6. The number of halogens is 1. The topological polar surface area (TPSA) is 36.4 Å². The van der Waals surface area contributed by atoms with Gasteiger partial charge in [0.1, 0.15) is 5.82 Å². The van der Waals surface area contributed by atoms with Crippen LogP contribution in [0, 0.1) is 11.3 Å². The van der Waals surface area contributed by atoms with E-state index in [1.807, 2.05) is 0 Å². The molecule has 19 heavy (non-hydrogen) atoms. The Morgan fingerprint density at radius 3 is 2.47 bits per heavy atom. The molecule has 1 fully saturated rings. The Morgan fingerprint density at radius 2 is 2.00 bits per heavy atom. The average molecular weight is 283 g/mol. The minimum Gasteiger partial charge on any atom is -0.392 e. The van der Waals surface area contributed by atoms with Crippen molar-refractivity contribution < 1.29 is 5.11 Å². The van der Waals surface area contributed by atoms with Gasteiger partial charge in [-0.1, -0.05) is 32.4 Å². The largest absolute Gasteiger partial charge is 0.392 e. The maximum atomic E-state index is 9.08. The molecule has 0 saturated carbocycles. The van der Waals surface area contributed by atoms with Crippen molar-refractivity contribution in [3.63, 3.8) is 0 Å². The highest BCUT2D eigenvalue weighted by atomic mass is 35.5. The second-order valence-corrected chi connectivity index (χ2v) is 6.84. The zero-order valence-electron chi connectivity index (χ0n) is 12.0. The second-order valence-electron chi connectivity index (χ2n) is 6.43. The molecule has 1 aliphatic heterocycles. The lowest BCUT2D eigenvalue weighted by Gasteiger charge is -2.39. The number of aliphatic hydroxyl groups excluding tert-OH is 1. The Bertz CT molecular complexity index is 434. The van der Waals surface area contributed by atoms with E-state index in [-0.39, 0.29) is 6.61 Å². The molecule has 0 aromatic carbocycles. The fourth-order valence-corrected chi connectivity index (χ4v) is 3.06. The zero-order valence-corrected chi connectivity index (χ0v) is 12.7. The van der Waals surface area contributed by atoms with E-state index in [2.05, 4.69) is 30.7 Å². The highest BCUT2D eigenvalue weighted by Gasteiger charge is 2.29. The van der Waals surface area contributed by atoms with Gasteiger partial charge >= 0.3 is 0 Å². The summed E-state index contributed by atoms with van der Waals surface area (Å²) in [5, 5.41) is 9.71. The van der Waals surface area contributed by atoms with Gasteiger partial charge in [0.05, 0.1) is 11.6 Å². The summed E-state index contributed by atoms with van der Waals surface area (Å²) in [7, 11) is 0. The Kier molecular flexibility index (Phi) is 4.36. The predicted molar refractivity (Wildman–Crippen MR) is 79.6 cm³/mol. The van der Waals surface area contributed by atoms with E-state index < -0.39 is 0 Å². The highest BCUT2D eigenvalue weighted by molar-refractivity contribution is 6.33. The van der Waals surface area contributed by atoms with E-state index in [0.717, 1.165) is 30.4 Å². The Hall–Kier alpha value is -0.800. The van der Waals surface area contributed by atoms with Crippen LogP contribution in [-0.2, 0) is 6.61 Å². The zero-order chi connectivity index (χ0) is 14.0. The summed E-state index contributed by atoms with van der Waals surface area (Å²) in [6, 6.07) is 1.81. The molecule has 0 radical (unpaired) electrons. The van der Waals surface area contributed by atoms with Gasteiger partial charge in [0, 0.05) is 19.3 Å². The number of nitrogens with zero attached hydrogens (tertiary/aromatic N) is 2. The molecule has 0 aliphatic carbocycles. The second kappa shape index (κ2) is 5.68. The van der Waals surface area contributed by atoms with E-state index in [1.54, 1.807) is 12.3 Å². The van der Waals surface area contributed by atoms with E-state index in [0.29, 0.717) is 10.4 Å². The fourth-order valence-electron chi connectivity index (χ4n) is 2.75. The number of aliphatic hydroxyl groups is 1. The molecular weight excluding hydrogens is 260 g/mol. The first-order valence-corrected chi connectivity index (χ1v) is 7.30. The van der Waals surface area contributed by atoms with Crippen molar-refractivity contribution in [2.75, 3.05) is 18.0 Å². The lowest BCUT2D eigenvalue weighted by molar-refractivity contribution is 0.198. The number of aromatic nitrogens is 1. The molecule has 0 unspecified atom stereocenters. The summed E-state index contributed by atoms with van der Waals surface area (Å²) in [4.78, 5) is 6.65. The fraction of sp³-hybridized carbons (Fsp3) is 0.667. The van der Waals surface area contributed by atoms with Crippen LogP contribution in [0.3, 0.4) is 0 Å². The number of pyridine rings is 1. The van der Waals surface area contributed by atoms with Crippen LogP contribution in [0.15, 0.2) is 12.3 Å². The van der Waals surface area contributed by atoms with Crippen LogP contribution in [0.2, 0.25) is 5.02 Å². The van der Waals surface area contributed by atoms with Crippen LogP contribution in [0.1, 0.15) is 39.2 Å². The first-order chi connectivity index (χ1) is 8.91. The van der Waals surface area contributed by atoms with Crippen molar-refractivity contribution in [2.45, 2.75) is 40.2 Å². The normalized spacial score (nSPS) is 17.8. The van der Waals surface area contributed by atoms with Crippen molar-refractivity contribution >= 4 is 17.4 Å². The summed E-state index contributed by atoms with van der Waals surface area (Å²) < 4.78 is 0. The summed E-state index contributed by atoms with van der Waals surface area (Å²) in [6.45, 7) is 8.94. The quantitative estimate of drug-likeness (QED) is 0.902. The Balaban J connectivity index is 2.06. The summed E-state index contributed by atoms with van der Waals surface area (Å²) in [6.07, 6.45) is 4.07. The number of piperidine rings is 1. The van der Waals surface area contributed by atoms with Gasteiger partial charge in [-0.2, -0.15) is 0 Å². The highest BCUT2D eigenvalue weighted by Crippen LogP contribution is 2.36. The van der Waals surface area contributed by atoms with Gasteiger partial charge in [0.2, 0.25) is 0 Å². The predicted octanol–water partition coefficient (Wildman–Crippen LogP) is 3.49. The summed E-state index contributed by atoms with van der Waals surface area (Å²) in [5.74, 6) is 1.62. The molecule has 1 aromatic heterocycles. The van der Waals surface area contributed by atoms with Crippen molar-refractivity contribution in [3.8, 4) is 0 Å². The minimum absolute atomic E-state index is 0.0148. The molecule has 0 bridgehead atoms. The van der Waals surface area contributed by atoms with Gasteiger partial charge in [-0.3, -0.25) is 0 Å². The number of hydrogen-bond acceptors (Lipinski definition) is 3. The average Bonchev–Trinajstić information content (AvgIpc) is 2.37. The Labute approximate surface area is 120 Å². The smallest absolute Gasteiger partial charge is 0.147 e. The molecule has 1 aromatic rings. The maximum Gasteiger partial charge on any atom is 0.147 e. The molecule has 0 atom stereocenters. The van der Waals surface area contributed by atoms with Crippen molar-refractivity contribution in [1.29, 1.82) is 0 Å². The maximum absolute atomic E-state index is 9.08. The molecule has 1 aliphatic rings. The molecule has 4 heteroatoms. The van der Waals surface area contributed by atoms with Gasteiger partial charge in [0.15, 0.2) is 0 Å². The molecule has 0 amide bonds. The van der Waals surface area contributed by atoms with Gasteiger partial charge in [-0.05, 0) is 35.8 Å². The molecular formula is C15H23ClN2O. The molecule has 2 rings (SSSR count). The van der Waals surface area contributed by atoms with E-state index in [4.69, 9.17) is 16.7 Å². The SMILES string of the molecule is CC(C)(C)C1CCN(c2ncc(CO)cc2Cl)CC1. The first-order valence-electron chi connectivity index (χ1n) is 6.92. The molecule has 0 spiro atoms.